The van der Waals surface area contributed by atoms with E-state index in [1.54, 1.807) is 11.5 Å². The molecular weight excluding hydrogens is 474 g/mol. The van der Waals surface area contributed by atoms with Crippen molar-refractivity contribution >= 4 is 34.3 Å². The summed E-state index contributed by atoms with van der Waals surface area (Å²) in [5, 5.41) is 16.1. The maximum absolute atomic E-state index is 13.6. The molecule has 1 saturated carbocycles. The molecule has 1 aromatic carbocycles. The first-order valence-electron chi connectivity index (χ1n) is 12.9. The standard InChI is InChI=1S/C28H29N3O4S/c1-4-28(34)19-10-21-23-17(11-31(21)26(32)18(19)12-35-27(28)33)15-7-8-36-25-22(15)20(30-23)9-16(14-5-6-14)24(25)29-13(2)3/h9-10,13-14,29,34H,4-8,11-12H2,1-3H3/t28-/m0/s1. The number of nitrogens with zero attached hydrogens (tertiary/aromatic N) is 2. The number of anilines is 1. The minimum Gasteiger partial charge on any atom is -0.458 e. The first kappa shape index (κ1) is 22.4. The van der Waals surface area contributed by atoms with Crippen LogP contribution in [0.5, 0.6) is 0 Å². The number of esters is 1. The van der Waals surface area contributed by atoms with Gasteiger partial charge in [-0.25, -0.2) is 9.78 Å². The fourth-order valence-electron chi connectivity index (χ4n) is 6.15. The number of rotatable bonds is 4. The van der Waals surface area contributed by atoms with Crippen molar-refractivity contribution < 1.29 is 14.6 Å². The summed E-state index contributed by atoms with van der Waals surface area (Å²) in [5.41, 5.74) is 6.16. The maximum Gasteiger partial charge on any atom is 0.343 e. The van der Waals surface area contributed by atoms with Gasteiger partial charge in [0.1, 0.15) is 6.61 Å². The number of nitrogens with one attached hydrogen (secondary N) is 1. The summed E-state index contributed by atoms with van der Waals surface area (Å²) in [5.74, 6) is 0.863. The summed E-state index contributed by atoms with van der Waals surface area (Å²) in [6.45, 7) is 6.44. The zero-order valence-electron chi connectivity index (χ0n) is 20.7. The van der Waals surface area contributed by atoms with Crippen molar-refractivity contribution in [2.45, 2.75) is 82.1 Å². The van der Waals surface area contributed by atoms with Gasteiger partial charge < -0.3 is 19.7 Å². The van der Waals surface area contributed by atoms with Crippen LogP contribution in [0.1, 0.15) is 73.8 Å². The largest absolute Gasteiger partial charge is 0.458 e. The number of aliphatic hydroxyl groups is 1. The highest BCUT2D eigenvalue weighted by Gasteiger charge is 2.45. The van der Waals surface area contributed by atoms with E-state index in [2.05, 4.69) is 25.2 Å². The molecule has 4 aliphatic rings. The molecule has 186 valence electrons. The van der Waals surface area contributed by atoms with E-state index in [9.17, 15) is 14.7 Å². The second kappa shape index (κ2) is 7.59. The van der Waals surface area contributed by atoms with Gasteiger partial charge in [-0.15, -0.1) is 11.8 Å². The van der Waals surface area contributed by atoms with Crippen molar-refractivity contribution in [2.24, 2.45) is 0 Å². The van der Waals surface area contributed by atoms with E-state index < -0.39 is 11.6 Å². The third-order valence-electron chi connectivity index (χ3n) is 8.13. The second-order valence-electron chi connectivity index (χ2n) is 10.8. The van der Waals surface area contributed by atoms with Crippen LogP contribution >= 0.6 is 11.8 Å². The van der Waals surface area contributed by atoms with Gasteiger partial charge in [0.05, 0.1) is 34.7 Å². The van der Waals surface area contributed by atoms with E-state index in [1.165, 1.54) is 39.9 Å². The monoisotopic (exact) mass is 503 g/mol. The number of thioether (sulfide) groups is 1. The Morgan fingerprint density at radius 1 is 1.25 bits per heavy atom. The third kappa shape index (κ3) is 2.94. The highest BCUT2D eigenvalue weighted by molar-refractivity contribution is 7.99. The highest BCUT2D eigenvalue weighted by atomic mass is 32.2. The number of hydrogen-bond donors (Lipinski definition) is 2. The van der Waals surface area contributed by atoms with Crippen molar-refractivity contribution in [3.05, 3.63) is 50.3 Å². The molecule has 1 aliphatic carbocycles. The molecule has 0 radical (unpaired) electrons. The van der Waals surface area contributed by atoms with Crippen LogP contribution < -0.4 is 10.9 Å². The molecule has 0 spiro atoms. The molecule has 3 aliphatic heterocycles. The fraction of sp³-hybridized carbons (Fsp3) is 0.464. The van der Waals surface area contributed by atoms with Gasteiger partial charge in [0.15, 0.2) is 5.60 Å². The lowest BCUT2D eigenvalue weighted by atomic mass is 9.86. The summed E-state index contributed by atoms with van der Waals surface area (Å²) in [4.78, 5) is 32.6. The predicted octanol–water partition coefficient (Wildman–Crippen LogP) is 4.43. The first-order chi connectivity index (χ1) is 17.3. The van der Waals surface area contributed by atoms with Gasteiger partial charge in [-0.3, -0.25) is 4.79 Å². The maximum atomic E-state index is 13.6. The zero-order valence-corrected chi connectivity index (χ0v) is 21.6. The molecule has 8 heteroatoms. The van der Waals surface area contributed by atoms with E-state index in [4.69, 9.17) is 9.72 Å². The highest BCUT2D eigenvalue weighted by Crippen LogP contribution is 2.52. The quantitative estimate of drug-likeness (QED) is 0.398. The Morgan fingerprint density at radius 3 is 2.78 bits per heavy atom. The molecule has 7 rings (SSSR count). The number of fused-ring (bicyclic) bond motifs is 5. The third-order valence-corrected chi connectivity index (χ3v) is 9.23. The van der Waals surface area contributed by atoms with Crippen molar-refractivity contribution in [1.82, 2.24) is 9.55 Å². The molecular formula is C28H29N3O4S. The topological polar surface area (TPSA) is 93.5 Å². The van der Waals surface area contributed by atoms with Crippen LogP contribution in [-0.4, -0.2) is 32.4 Å². The summed E-state index contributed by atoms with van der Waals surface area (Å²) in [6.07, 6.45) is 3.47. The lowest BCUT2D eigenvalue weighted by Gasteiger charge is -2.31. The van der Waals surface area contributed by atoms with Crippen molar-refractivity contribution in [2.75, 3.05) is 11.1 Å². The predicted molar refractivity (Wildman–Crippen MR) is 140 cm³/mol. The van der Waals surface area contributed by atoms with Crippen LogP contribution in [0.3, 0.4) is 0 Å². The van der Waals surface area contributed by atoms with Gasteiger partial charge in [0, 0.05) is 33.2 Å². The molecule has 0 unspecified atom stereocenters. The molecule has 7 nitrogen and oxygen atoms in total. The molecule has 0 saturated heterocycles. The lowest BCUT2D eigenvalue weighted by molar-refractivity contribution is -0.172. The zero-order chi connectivity index (χ0) is 24.9. The Bertz CT molecular complexity index is 1560. The van der Waals surface area contributed by atoms with Gasteiger partial charge in [0.25, 0.3) is 5.56 Å². The number of carbonyl (C=O) groups is 1. The molecule has 0 bridgehead atoms. The minimum absolute atomic E-state index is 0.107. The van der Waals surface area contributed by atoms with Gasteiger partial charge in [0.2, 0.25) is 0 Å². The number of carbonyl (C=O) groups excluding carboxylic acids is 1. The number of pyridine rings is 2. The fourth-order valence-corrected chi connectivity index (χ4v) is 7.35. The molecule has 0 amide bonds. The molecule has 2 N–H and O–H groups in total. The lowest BCUT2D eigenvalue weighted by Crippen LogP contribution is -2.44. The minimum atomic E-state index is -1.81. The SMILES string of the molecule is CC[C@@]1(O)C(=O)OCc2c1cc1n(c2=O)Cc2c-1nc1cc(C3CC3)c(NC(C)C)c3c1c2CCS3. The van der Waals surface area contributed by atoms with Crippen molar-refractivity contribution in [3.8, 4) is 11.4 Å². The molecule has 1 fully saturated rings. The van der Waals surface area contributed by atoms with E-state index in [0.717, 1.165) is 28.9 Å². The second-order valence-corrected chi connectivity index (χ2v) is 11.9. The Kier molecular flexibility index (Phi) is 4.71. The number of ether oxygens (including phenoxy) is 1. The van der Waals surface area contributed by atoms with Crippen LogP contribution in [0, 0.1) is 0 Å². The van der Waals surface area contributed by atoms with E-state index >= 15 is 0 Å². The summed E-state index contributed by atoms with van der Waals surface area (Å²) < 4.78 is 6.97. The summed E-state index contributed by atoms with van der Waals surface area (Å²) in [7, 11) is 0. The molecule has 1 atom stereocenters. The van der Waals surface area contributed by atoms with Gasteiger partial charge >= 0.3 is 5.97 Å². The molecule has 36 heavy (non-hydrogen) atoms. The van der Waals surface area contributed by atoms with Crippen LogP contribution in [0.15, 0.2) is 21.8 Å². The van der Waals surface area contributed by atoms with Crippen molar-refractivity contribution in [1.29, 1.82) is 0 Å². The number of benzene rings is 1. The van der Waals surface area contributed by atoms with Gasteiger partial charge in [-0.2, -0.15) is 0 Å². The molecule has 5 heterocycles. The smallest absolute Gasteiger partial charge is 0.343 e. The van der Waals surface area contributed by atoms with Gasteiger partial charge in [-0.1, -0.05) is 6.92 Å². The Hall–Kier alpha value is -2.84. The van der Waals surface area contributed by atoms with Crippen LogP contribution in [-0.2, 0) is 34.7 Å². The number of aromatic nitrogens is 2. The number of hydrogen-bond acceptors (Lipinski definition) is 7. The van der Waals surface area contributed by atoms with Gasteiger partial charge in [-0.05, 0) is 68.7 Å². The van der Waals surface area contributed by atoms with Crippen LogP contribution in [0.2, 0.25) is 0 Å². The van der Waals surface area contributed by atoms with Crippen molar-refractivity contribution in [3.63, 3.8) is 0 Å². The van der Waals surface area contributed by atoms with Crippen LogP contribution in [0.4, 0.5) is 5.69 Å². The molecule has 2 aromatic heterocycles. The van der Waals surface area contributed by atoms with E-state index in [1.807, 2.05) is 17.8 Å². The van der Waals surface area contributed by atoms with E-state index in [0.29, 0.717) is 35.3 Å². The number of aryl methyl sites for hydroxylation is 1. The summed E-state index contributed by atoms with van der Waals surface area (Å²) in [6, 6.07) is 4.41. The average Bonchev–Trinajstić information content (AvgIpc) is 3.64. The normalized spacial score (nSPS) is 21.9. The Labute approximate surface area is 213 Å². The average molecular weight is 504 g/mol. The molecule has 3 aromatic rings. The summed E-state index contributed by atoms with van der Waals surface area (Å²) >= 11 is 1.91. The first-order valence-corrected chi connectivity index (χ1v) is 13.9. The van der Waals surface area contributed by atoms with E-state index in [-0.39, 0.29) is 18.6 Å². The Balaban J connectivity index is 1.51. The number of cyclic esters (lactones) is 1. The van der Waals surface area contributed by atoms with Crippen LogP contribution in [0.25, 0.3) is 22.3 Å². The Morgan fingerprint density at radius 2 is 2.06 bits per heavy atom.